The summed E-state index contributed by atoms with van der Waals surface area (Å²) in [6, 6.07) is 17.2. The van der Waals surface area contributed by atoms with E-state index >= 15 is 0 Å². The van der Waals surface area contributed by atoms with E-state index in [9.17, 15) is 8.78 Å². The largest absolute Gasteiger partial charge is 0.334 e. The van der Waals surface area contributed by atoms with E-state index in [1.807, 2.05) is 42.5 Å². The van der Waals surface area contributed by atoms with Gasteiger partial charge in [0, 0.05) is 11.1 Å². The summed E-state index contributed by atoms with van der Waals surface area (Å²) in [5.74, 6) is -1.32. The van der Waals surface area contributed by atoms with E-state index in [2.05, 4.69) is 10.1 Å². The van der Waals surface area contributed by atoms with Crippen molar-refractivity contribution in [3.8, 4) is 22.8 Å². The minimum atomic E-state index is -0.951. The van der Waals surface area contributed by atoms with Crippen molar-refractivity contribution in [1.29, 1.82) is 0 Å². The zero-order valence-corrected chi connectivity index (χ0v) is 11.8. The summed E-state index contributed by atoms with van der Waals surface area (Å²) in [5.41, 5.74) is 1.13. The molecule has 0 bridgehead atoms. The van der Waals surface area contributed by atoms with Crippen LogP contribution in [0.2, 0.25) is 0 Å². The Labute approximate surface area is 130 Å². The monoisotopic (exact) mass is 308 g/mol. The fraction of sp³-hybridized carbons (Fsp3) is 0. The maximum Gasteiger partial charge on any atom is 0.258 e. The number of rotatable bonds is 2. The highest BCUT2D eigenvalue weighted by Crippen LogP contribution is 2.26. The van der Waals surface area contributed by atoms with Gasteiger partial charge in [-0.15, -0.1) is 0 Å². The summed E-state index contributed by atoms with van der Waals surface area (Å²) in [7, 11) is 0. The Morgan fingerprint density at radius 1 is 0.739 bits per heavy atom. The quantitative estimate of drug-likeness (QED) is 0.532. The van der Waals surface area contributed by atoms with Crippen LogP contribution in [0.15, 0.2) is 65.2 Å². The molecule has 0 saturated heterocycles. The standard InChI is InChI=1S/C18H10F2N2O/c19-15-8-7-14(10-16(15)20)18-21-17(22-23-18)13-6-5-11-3-1-2-4-12(11)9-13/h1-10H. The van der Waals surface area contributed by atoms with E-state index in [-0.39, 0.29) is 5.89 Å². The van der Waals surface area contributed by atoms with Crippen LogP contribution in [0.1, 0.15) is 0 Å². The van der Waals surface area contributed by atoms with Gasteiger partial charge in [-0.05, 0) is 35.0 Å². The predicted octanol–water partition coefficient (Wildman–Crippen LogP) is 4.84. The Hall–Kier alpha value is -3.08. The van der Waals surface area contributed by atoms with E-state index in [0.29, 0.717) is 11.4 Å². The summed E-state index contributed by atoms with van der Waals surface area (Å²) in [5, 5.41) is 6.09. The van der Waals surface area contributed by atoms with Crippen LogP contribution in [0.5, 0.6) is 0 Å². The van der Waals surface area contributed by atoms with Crippen molar-refractivity contribution in [3.05, 3.63) is 72.3 Å². The van der Waals surface area contributed by atoms with Gasteiger partial charge >= 0.3 is 0 Å². The minimum Gasteiger partial charge on any atom is -0.334 e. The molecule has 1 heterocycles. The van der Waals surface area contributed by atoms with E-state index in [4.69, 9.17) is 4.52 Å². The van der Waals surface area contributed by atoms with Gasteiger partial charge in [0.2, 0.25) is 5.82 Å². The van der Waals surface area contributed by atoms with Crippen molar-refractivity contribution in [1.82, 2.24) is 10.1 Å². The number of aromatic nitrogens is 2. The Kier molecular flexibility index (Phi) is 3.12. The Morgan fingerprint density at radius 3 is 2.35 bits per heavy atom. The van der Waals surface area contributed by atoms with Crippen molar-refractivity contribution in [2.45, 2.75) is 0 Å². The van der Waals surface area contributed by atoms with Gasteiger partial charge in [0.15, 0.2) is 11.6 Å². The van der Waals surface area contributed by atoms with E-state index in [1.54, 1.807) is 0 Å². The highest BCUT2D eigenvalue weighted by Gasteiger charge is 2.13. The maximum absolute atomic E-state index is 13.3. The molecule has 5 heteroatoms. The molecular formula is C18H10F2N2O. The fourth-order valence-corrected chi connectivity index (χ4v) is 2.42. The molecule has 0 fully saturated rings. The normalized spacial score (nSPS) is 11.0. The van der Waals surface area contributed by atoms with Crippen LogP contribution in [-0.4, -0.2) is 10.1 Å². The number of hydrogen-bond donors (Lipinski definition) is 0. The Bertz CT molecular complexity index is 1010. The van der Waals surface area contributed by atoms with Gasteiger partial charge in [-0.1, -0.05) is 41.6 Å². The van der Waals surface area contributed by atoms with Gasteiger partial charge in [0.25, 0.3) is 5.89 Å². The van der Waals surface area contributed by atoms with Gasteiger partial charge < -0.3 is 4.52 Å². The summed E-state index contributed by atoms with van der Waals surface area (Å²) < 4.78 is 31.5. The van der Waals surface area contributed by atoms with Crippen molar-refractivity contribution in [2.75, 3.05) is 0 Å². The van der Waals surface area contributed by atoms with Crippen molar-refractivity contribution >= 4 is 10.8 Å². The van der Waals surface area contributed by atoms with Gasteiger partial charge in [0.1, 0.15) is 0 Å². The molecule has 4 aromatic rings. The second-order valence-corrected chi connectivity index (χ2v) is 5.11. The molecule has 3 nitrogen and oxygen atoms in total. The lowest BCUT2D eigenvalue weighted by molar-refractivity contribution is 0.431. The highest BCUT2D eigenvalue weighted by molar-refractivity contribution is 5.86. The van der Waals surface area contributed by atoms with Crippen molar-refractivity contribution in [3.63, 3.8) is 0 Å². The molecule has 0 aliphatic heterocycles. The molecule has 0 N–H and O–H groups in total. The molecule has 0 aliphatic rings. The first-order valence-electron chi connectivity index (χ1n) is 6.99. The van der Waals surface area contributed by atoms with E-state index < -0.39 is 11.6 Å². The lowest BCUT2D eigenvalue weighted by atomic mass is 10.1. The molecule has 0 unspecified atom stereocenters. The molecule has 0 radical (unpaired) electrons. The third-order valence-electron chi connectivity index (χ3n) is 3.60. The summed E-state index contributed by atoms with van der Waals surface area (Å²) in [6.45, 7) is 0. The first kappa shape index (κ1) is 13.6. The number of fused-ring (bicyclic) bond motifs is 1. The summed E-state index contributed by atoms with van der Waals surface area (Å²) >= 11 is 0. The minimum absolute atomic E-state index is 0.145. The molecule has 0 spiro atoms. The molecule has 0 aliphatic carbocycles. The van der Waals surface area contributed by atoms with Crippen LogP contribution in [-0.2, 0) is 0 Å². The van der Waals surface area contributed by atoms with Gasteiger partial charge in [0.05, 0.1) is 0 Å². The van der Waals surface area contributed by atoms with Gasteiger partial charge in [-0.25, -0.2) is 8.78 Å². The van der Waals surface area contributed by atoms with Crippen LogP contribution in [0.4, 0.5) is 8.78 Å². The third kappa shape index (κ3) is 2.46. The van der Waals surface area contributed by atoms with Crippen LogP contribution < -0.4 is 0 Å². The number of nitrogens with zero attached hydrogens (tertiary/aromatic N) is 2. The maximum atomic E-state index is 13.3. The van der Waals surface area contributed by atoms with E-state index in [0.717, 1.165) is 28.5 Å². The first-order chi connectivity index (χ1) is 11.2. The molecule has 112 valence electrons. The number of hydrogen-bond acceptors (Lipinski definition) is 3. The average Bonchev–Trinajstić information content (AvgIpc) is 3.07. The Morgan fingerprint density at radius 2 is 1.52 bits per heavy atom. The van der Waals surface area contributed by atoms with Crippen LogP contribution in [0.3, 0.4) is 0 Å². The highest BCUT2D eigenvalue weighted by atomic mass is 19.2. The third-order valence-corrected chi connectivity index (χ3v) is 3.60. The topological polar surface area (TPSA) is 38.9 Å². The van der Waals surface area contributed by atoms with Gasteiger partial charge in [-0.3, -0.25) is 0 Å². The lowest BCUT2D eigenvalue weighted by Gasteiger charge is -1.99. The average molecular weight is 308 g/mol. The summed E-state index contributed by atoms with van der Waals surface area (Å²) in [4.78, 5) is 4.26. The molecule has 0 saturated carbocycles. The summed E-state index contributed by atoms with van der Waals surface area (Å²) in [6.07, 6.45) is 0. The molecule has 0 atom stereocenters. The van der Waals surface area contributed by atoms with Crippen LogP contribution in [0, 0.1) is 11.6 Å². The second-order valence-electron chi connectivity index (χ2n) is 5.11. The second kappa shape index (κ2) is 5.28. The fourth-order valence-electron chi connectivity index (χ4n) is 2.42. The zero-order chi connectivity index (χ0) is 15.8. The van der Waals surface area contributed by atoms with Crippen LogP contribution in [0.25, 0.3) is 33.6 Å². The molecule has 3 aromatic carbocycles. The lowest BCUT2D eigenvalue weighted by Crippen LogP contribution is -1.86. The van der Waals surface area contributed by atoms with E-state index in [1.165, 1.54) is 6.07 Å². The number of benzene rings is 3. The zero-order valence-electron chi connectivity index (χ0n) is 11.8. The predicted molar refractivity (Wildman–Crippen MR) is 82.6 cm³/mol. The Balaban J connectivity index is 1.75. The number of halogens is 2. The molecule has 4 rings (SSSR count). The van der Waals surface area contributed by atoms with Crippen molar-refractivity contribution < 1.29 is 13.3 Å². The molecule has 23 heavy (non-hydrogen) atoms. The molecular weight excluding hydrogens is 298 g/mol. The van der Waals surface area contributed by atoms with Gasteiger partial charge in [-0.2, -0.15) is 4.98 Å². The SMILES string of the molecule is Fc1ccc(-c2nc(-c3ccc4ccccc4c3)no2)cc1F. The molecule has 0 amide bonds. The first-order valence-corrected chi connectivity index (χ1v) is 6.99. The smallest absolute Gasteiger partial charge is 0.258 e. The molecule has 1 aromatic heterocycles. The van der Waals surface area contributed by atoms with Crippen molar-refractivity contribution in [2.24, 2.45) is 0 Å². The van der Waals surface area contributed by atoms with Crippen LogP contribution >= 0.6 is 0 Å².